The normalized spacial score (nSPS) is 11.1. The number of hydrogen-bond donors (Lipinski definition) is 0. The maximum Gasteiger partial charge on any atom is 0.127 e. The molecule has 5 heteroatoms. The van der Waals surface area contributed by atoms with E-state index in [0.717, 1.165) is 22.6 Å². The molecule has 0 aliphatic carbocycles. The molecule has 3 rings (SSSR count). The van der Waals surface area contributed by atoms with Crippen LogP contribution in [0.2, 0.25) is 0 Å². The standard InChI is InChI=1S/C25H26NO3P/c1-20-16-21(2)18-25(17-20)26(23-6-4-3-5-7-23)24-10-8-22(9-11-24)19-30(29,14-12-27)15-13-28/h3-13,16-18H,14-15,19H2,1-2H3. The van der Waals surface area contributed by atoms with Gasteiger partial charge in [0.15, 0.2) is 0 Å². The number of para-hydroxylation sites is 1. The van der Waals surface area contributed by atoms with Crippen LogP contribution in [0.5, 0.6) is 0 Å². The number of aldehydes is 2. The van der Waals surface area contributed by atoms with Gasteiger partial charge in [-0.05, 0) is 66.9 Å². The van der Waals surface area contributed by atoms with Crippen LogP contribution in [0.25, 0.3) is 0 Å². The van der Waals surface area contributed by atoms with E-state index in [1.165, 1.54) is 11.1 Å². The van der Waals surface area contributed by atoms with Crippen molar-refractivity contribution in [2.24, 2.45) is 0 Å². The van der Waals surface area contributed by atoms with Crippen molar-refractivity contribution in [2.75, 3.05) is 17.2 Å². The van der Waals surface area contributed by atoms with Crippen LogP contribution in [0.4, 0.5) is 17.1 Å². The first-order chi connectivity index (χ1) is 14.4. The van der Waals surface area contributed by atoms with Crippen molar-refractivity contribution in [1.82, 2.24) is 0 Å². The fraction of sp³-hybridized carbons (Fsp3) is 0.200. The summed E-state index contributed by atoms with van der Waals surface area (Å²) in [4.78, 5) is 24.0. The number of hydrogen-bond acceptors (Lipinski definition) is 4. The van der Waals surface area contributed by atoms with E-state index in [1.807, 2.05) is 42.5 Å². The van der Waals surface area contributed by atoms with E-state index in [9.17, 15) is 14.2 Å². The Bertz CT molecular complexity index is 1030. The van der Waals surface area contributed by atoms with Crippen molar-refractivity contribution in [1.29, 1.82) is 0 Å². The quantitative estimate of drug-likeness (QED) is 0.314. The summed E-state index contributed by atoms with van der Waals surface area (Å²) in [5, 5.41) is 0. The molecule has 0 aliphatic rings. The highest BCUT2D eigenvalue weighted by Gasteiger charge is 2.22. The lowest BCUT2D eigenvalue weighted by molar-refractivity contribution is -0.106. The zero-order valence-electron chi connectivity index (χ0n) is 17.3. The van der Waals surface area contributed by atoms with Crippen LogP contribution in [-0.2, 0) is 20.3 Å². The monoisotopic (exact) mass is 419 g/mol. The van der Waals surface area contributed by atoms with E-state index in [1.54, 1.807) is 0 Å². The summed E-state index contributed by atoms with van der Waals surface area (Å²) in [5.74, 6) is 0. The number of nitrogens with zero attached hydrogens (tertiary/aromatic N) is 1. The van der Waals surface area contributed by atoms with Crippen molar-refractivity contribution < 1.29 is 14.2 Å². The SMILES string of the molecule is Cc1cc(C)cc(N(c2ccccc2)c2ccc(CP(=O)(CC=O)CC=O)cc2)c1. The van der Waals surface area contributed by atoms with Gasteiger partial charge >= 0.3 is 0 Å². The zero-order chi connectivity index (χ0) is 21.6. The third-order valence-electron chi connectivity index (χ3n) is 4.96. The molecule has 3 aromatic rings. The van der Waals surface area contributed by atoms with Gasteiger partial charge in [0.2, 0.25) is 0 Å². The second-order valence-corrected chi connectivity index (χ2v) is 10.8. The lowest BCUT2D eigenvalue weighted by atomic mass is 10.1. The average molecular weight is 419 g/mol. The Morgan fingerprint density at radius 2 is 1.27 bits per heavy atom. The molecule has 3 aromatic carbocycles. The average Bonchev–Trinajstić information content (AvgIpc) is 2.70. The second kappa shape index (κ2) is 9.69. The van der Waals surface area contributed by atoms with E-state index >= 15 is 0 Å². The van der Waals surface area contributed by atoms with Crippen LogP contribution in [-0.4, -0.2) is 24.9 Å². The third-order valence-corrected chi connectivity index (χ3v) is 7.53. The molecule has 0 fully saturated rings. The molecule has 0 radical (unpaired) electrons. The van der Waals surface area contributed by atoms with Gasteiger partial charge in [0.25, 0.3) is 0 Å². The van der Waals surface area contributed by atoms with Gasteiger partial charge in [-0.15, -0.1) is 0 Å². The van der Waals surface area contributed by atoms with Gasteiger partial charge in [-0.3, -0.25) is 0 Å². The van der Waals surface area contributed by atoms with Crippen LogP contribution in [0, 0.1) is 13.8 Å². The minimum absolute atomic E-state index is 0.0633. The predicted molar refractivity (Wildman–Crippen MR) is 124 cm³/mol. The zero-order valence-corrected chi connectivity index (χ0v) is 18.2. The summed E-state index contributed by atoms with van der Waals surface area (Å²) in [6.07, 6.45) is 1.42. The maximum absolute atomic E-state index is 12.8. The largest absolute Gasteiger partial charge is 0.322 e. The van der Waals surface area contributed by atoms with Crippen molar-refractivity contribution in [3.63, 3.8) is 0 Å². The summed E-state index contributed by atoms with van der Waals surface area (Å²) < 4.78 is 12.8. The summed E-state index contributed by atoms with van der Waals surface area (Å²) in [5.41, 5.74) is 6.33. The summed E-state index contributed by atoms with van der Waals surface area (Å²) in [7, 11) is -2.86. The van der Waals surface area contributed by atoms with Crippen molar-refractivity contribution in [3.8, 4) is 0 Å². The fourth-order valence-corrected chi connectivity index (χ4v) is 5.49. The molecule has 0 unspecified atom stereocenters. The molecule has 0 spiro atoms. The molecule has 0 N–H and O–H groups in total. The molecule has 0 atom stereocenters. The first-order valence-electron chi connectivity index (χ1n) is 9.91. The lowest BCUT2D eigenvalue weighted by Crippen LogP contribution is -2.10. The van der Waals surface area contributed by atoms with Crippen molar-refractivity contribution in [3.05, 3.63) is 89.5 Å². The van der Waals surface area contributed by atoms with Gasteiger partial charge < -0.3 is 19.1 Å². The van der Waals surface area contributed by atoms with Crippen molar-refractivity contribution in [2.45, 2.75) is 20.0 Å². The highest BCUT2D eigenvalue weighted by molar-refractivity contribution is 7.64. The van der Waals surface area contributed by atoms with Crippen LogP contribution in [0.1, 0.15) is 16.7 Å². The van der Waals surface area contributed by atoms with E-state index in [4.69, 9.17) is 0 Å². The van der Waals surface area contributed by atoms with Gasteiger partial charge in [0, 0.05) is 23.2 Å². The molecular formula is C25H26NO3P. The number of carbonyl (C=O) groups is 2. The molecule has 0 heterocycles. The molecule has 0 aliphatic heterocycles. The molecule has 4 nitrogen and oxygen atoms in total. The third kappa shape index (κ3) is 5.34. The minimum Gasteiger partial charge on any atom is -0.322 e. The predicted octanol–water partition coefficient (Wildman–Crippen LogP) is 6.03. The lowest BCUT2D eigenvalue weighted by Gasteiger charge is -2.26. The minimum atomic E-state index is -2.86. The fourth-order valence-electron chi connectivity index (χ4n) is 3.66. The van der Waals surface area contributed by atoms with Gasteiger partial charge in [-0.2, -0.15) is 0 Å². The Labute approximate surface area is 177 Å². The highest BCUT2D eigenvalue weighted by atomic mass is 31.2. The smallest absolute Gasteiger partial charge is 0.127 e. The number of anilines is 3. The summed E-state index contributed by atoms with van der Waals surface area (Å²) >= 11 is 0. The molecule has 0 saturated heterocycles. The Kier molecular flexibility index (Phi) is 7.02. The van der Waals surface area contributed by atoms with E-state index in [2.05, 4.69) is 49.1 Å². The van der Waals surface area contributed by atoms with Crippen LogP contribution >= 0.6 is 7.14 Å². The summed E-state index contributed by atoms with van der Waals surface area (Å²) in [6, 6.07) is 24.4. The van der Waals surface area contributed by atoms with E-state index in [0.29, 0.717) is 12.6 Å². The van der Waals surface area contributed by atoms with Gasteiger partial charge in [-0.1, -0.05) is 36.4 Å². The highest BCUT2D eigenvalue weighted by Crippen LogP contribution is 2.47. The van der Waals surface area contributed by atoms with Gasteiger partial charge in [-0.25, -0.2) is 0 Å². The Morgan fingerprint density at radius 3 is 1.80 bits per heavy atom. The van der Waals surface area contributed by atoms with E-state index < -0.39 is 7.14 Å². The number of benzene rings is 3. The Hall–Kier alpha value is -2.97. The number of aryl methyl sites for hydroxylation is 2. The van der Waals surface area contributed by atoms with Gasteiger partial charge in [0.1, 0.15) is 19.7 Å². The molecular weight excluding hydrogens is 393 g/mol. The Balaban J connectivity index is 1.98. The molecule has 30 heavy (non-hydrogen) atoms. The first kappa shape index (κ1) is 21.7. The van der Waals surface area contributed by atoms with Crippen molar-refractivity contribution >= 4 is 36.8 Å². The molecule has 0 amide bonds. The van der Waals surface area contributed by atoms with Gasteiger partial charge in [0.05, 0.1) is 12.3 Å². The molecule has 0 bridgehead atoms. The molecule has 154 valence electrons. The topological polar surface area (TPSA) is 54.5 Å². The number of carbonyl (C=O) groups excluding carboxylic acids is 2. The Morgan fingerprint density at radius 1 is 0.733 bits per heavy atom. The van der Waals surface area contributed by atoms with Crippen LogP contribution in [0.15, 0.2) is 72.8 Å². The first-order valence-corrected chi connectivity index (χ1v) is 12.2. The summed E-state index contributed by atoms with van der Waals surface area (Å²) in [6.45, 7) is 4.17. The van der Waals surface area contributed by atoms with Crippen LogP contribution in [0.3, 0.4) is 0 Å². The van der Waals surface area contributed by atoms with Crippen LogP contribution < -0.4 is 4.90 Å². The number of rotatable bonds is 9. The van der Waals surface area contributed by atoms with E-state index in [-0.39, 0.29) is 18.5 Å². The molecule has 0 aromatic heterocycles. The second-order valence-electron chi connectivity index (χ2n) is 7.60. The molecule has 0 saturated carbocycles. The maximum atomic E-state index is 12.8.